The van der Waals surface area contributed by atoms with Crippen molar-refractivity contribution in [1.29, 1.82) is 0 Å². The van der Waals surface area contributed by atoms with Gasteiger partial charge in [0.05, 0.1) is 6.20 Å². The summed E-state index contributed by atoms with van der Waals surface area (Å²) >= 11 is 0. The highest BCUT2D eigenvalue weighted by molar-refractivity contribution is 5.85. The average molecular weight is 292 g/mol. The number of nitrogens with one attached hydrogen (secondary N) is 1. The third kappa shape index (κ3) is 4.20. The van der Waals surface area contributed by atoms with E-state index in [1.807, 2.05) is 20.0 Å². The summed E-state index contributed by atoms with van der Waals surface area (Å²) in [6.45, 7) is 2.10. The van der Waals surface area contributed by atoms with E-state index < -0.39 is 6.43 Å². The van der Waals surface area contributed by atoms with Crippen molar-refractivity contribution < 1.29 is 8.78 Å². The molecule has 0 unspecified atom stereocenters. The van der Waals surface area contributed by atoms with Crippen LogP contribution < -0.4 is 5.32 Å². The highest BCUT2D eigenvalue weighted by atomic mass is 35.5. The van der Waals surface area contributed by atoms with E-state index in [9.17, 15) is 8.78 Å². The van der Waals surface area contributed by atoms with Crippen molar-refractivity contribution in [3.8, 4) is 0 Å². The summed E-state index contributed by atoms with van der Waals surface area (Å²) < 4.78 is 27.3. The monoisotopic (exact) mass is 291 g/mol. The van der Waals surface area contributed by atoms with Gasteiger partial charge in [-0.25, -0.2) is 8.78 Å². The maximum Gasteiger partial charge on any atom is 0.257 e. The van der Waals surface area contributed by atoms with Crippen LogP contribution in [0.2, 0.25) is 0 Å². The minimum absolute atomic E-state index is 0. The summed E-state index contributed by atoms with van der Waals surface area (Å²) in [4.78, 5) is 0. The van der Waals surface area contributed by atoms with Crippen LogP contribution in [0, 0.1) is 6.92 Å². The Morgan fingerprint density at radius 2 is 2.16 bits per heavy atom. The first-order valence-corrected chi connectivity index (χ1v) is 5.58. The summed E-state index contributed by atoms with van der Waals surface area (Å²) in [5.74, 6) is 0.761. The van der Waals surface area contributed by atoms with Crippen molar-refractivity contribution in [3.63, 3.8) is 0 Å². The van der Waals surface area contributed by atoms with E-state index in [0.29, 0.717) is 6.54 Å². The van der Waals surface area contributed by atoms with Crippen LogP contribution in [0.1, 0.15) is 11.3 Å². The van der Waals surface area contributed by atoms with Gasteiger partial charge in [-0.15, -0.1) is 12.4 Å². The molecule has 1 N–H and O–H groups in total. The maximum atomic E-state index is 12.1. The van der Waals surface area contributed by atoms with E-state index in [4.69, 9.17) is 0 Å². The fraction of sp³-hybridized carbons (Fsp3) is 0.455. The van der Waals surface area contributed by atoms with Gasteiger partial charge in [-0.2, -0.15) is 10.2 Å². The molecule has 0 radical (unpaired) electrons. The number of anilines is 1. The molecule has 2 heterocycles. The van der Waals surface area contributed by atoms with Gasteiger partial charge in [-0.1, -0.05) is 0 Å². The SMILES string of the molecule is Cc1cc(NCc2cnn(CC(F)F)c2)nn1C.Cl. The first-order valence-electron chi connectivity index (χ1n) is 5.58. The van der Waals surface area contributed by atoms with Crippen molar-refractivity contribution in [2.75, 3.05) is 5.32 Å². The number of hydrogen-bond acceptors (Lipinski definition) is 3. The standard InChI is InChI=1S/C11H15F2N5.ClH/c1-8-3-11(16-17(8)2)14-4-9-5-15-18(6-9)7-10(12)13;/h3,5-6,10H,4,7H2,1-2H3,(H,14,16);1H. The molecule has 106 valence electrons. The van der Waals surface area contributed by atoms with E-state index in [-0.39, 0.29) is 19.0 Å². The molecule has 5 nitrogen and oxygen atoms in total. The number of nitrogens with zero attached hydrogens (tertiary/aromatic N) is 4. The molecule has 0 bridgehead atoms. The molecule has 19 heavy (non-hydrogen) atoms. The molecule has 0 saturated carbocycles. The lowest BCUT2D eigenvalue weighted by Gasteiger charge is -2.00. The van der Waals surface area contributed by atoms with Crippen molar-refractivity contribution >= 4 is 18.2 Å². The Labute approximate surface area is 116 Å². The molecule has 2 rings (SSSR count). The van der Waals surface area contributed by atoms with Gasteiger partial charge in [0, 0.05) is 37.1 Å². The second-order valence-corrected chi connectivity index (χ2v) is 4.11. The van der Waals surface area contributed by atoms with Crippen LogP contribution in [0.3, 0.4) is 0 Å². The number of alkyl halides is 2. The van der Waals surface area contributed by atoms with Gasteiger partial charge < -0.3 is 5.32 Å². The topological polar surface area (TPSA) is 47.7 Å². The second kappa shape index (κ2) is 6.51. The minimum Gasteiger partial charge on any atom is -0.364 e. The lowest BCUT2D eigenvalue weighted by molar-refractivity contribution is 0.122. The molecule has 0 aliphatic heterocycles. The largest absolute Gasteiger partial charge is 0.364 e. The van der Waals surface area contributed by atoms with E-state index in [1.165, 1.54) is 4.68 Å². The number of aryl methyl sites for hydroxylation is 2. The molecule has 0 saturated heterocycles. The zero-order chi connectivity index (χ0) is 13.1. The van der Waals surface area contributed by atoms with Crippen LogP contribution in [-0.4, -0.2) is 26.0 Å². The molecule has 0 fully saturated rings. The molecule has 0 amide bonds. The van der Waals surface area contributed by atoms with Gasteiger partial charge in [-0.3, -0.25) is 9.36 Å². The Hall–Kier alpha value is -1.63. The first-order chi connectivity index (χ1) is 8.54. The normalized spacial score (nSPS) is 10.6. The average Bonchev–Trinajstić information content (AvgIpc) is 2.84. The molecule has 0 aromatic carbocycles. The van der Waals surface area contributed by atoms with Crippen LogP contribution >= 0.6 is 12.4 Å². The molecule has 0 aliphatic rings. The van der Waals surface area contributed by atoms with Gasteiger partial charge >= 0.3 is 0 Å². The van der Waals surface area contributed by atoms with E-state index in [2.05, 4.69) is 15.5 Å². The molecule has 8 heteroatoms. The molecular weight excluding hydrogens is 276 g/mol. The van der Waals surface area contributed by atoms with Crippen LogP contribution in [0.5, 0.6) is 0 Å². The van der Waals surface area contributed by atoms with Crippen molar-refractivity contribution in [2.24, 2.45) is 7.05 Å². The van der Waals surface area contributed by atoms with Gasteiger partial charge in [0.15, 0.2) is 0 Å². The lowest BCUT2D eigenvalue weighted by atomic mass is 10.3. The molecule has 2 aromatic rings. The van der Waals surface area contributed by atoms with Crippen LogP contribution in [0.25, 0.3) is 0 Å². The highest BCUT2D eigenvalue weighted by Gasteiger charge is 2.06. The summed E-state index contributed by atoms with van der Waals surface area (Å²) in [5.41, 5.74) is 1.89. The fourth-order valence-electron chi connectivity index (χ4n) is 1.58. The Bertz CT molecular complexity index is 503. The molecule has 0 spiro atoms. The second-order valence-electron chi connectivity index (χ2n) is 4.11. The number of aromatic nitrogens is 4. The predicted molar refractivity (Wildman–Crippen MR) is 70.8 cm³/mol. The lowest BCUT2D eigenvalue weighted by Crippen LogP contribution is -2.06. The zero-order valence-electron chi connectivity index (χ0n) is 10.7. The number of rotatable bonds is 5. The summed E-state index contributed by atoms with van der Waals surface area (Å²) in [6.07, 6.45) is 0.796. The first kappa shape index (κ1) is 15.4. The Balaban J connectivity index is 0.00000180. The third-order valence-corrected chi connectivity index (χ3v) is 2.60. The fourth-order valence-corrected chi connectivity index (χ4v) is 1.58. The van der Waals surface area contributed by atoms with E-state index in [0.717, 1.165) is 17.1 Å². The van der Waals surface area contributed by atoms with Crippen molar-refractivity contribution in [2.45, 2.75) is 26.4 Å². The van der Waals surface area contributed by atoms with Gasteiger partial charge in [0.1, 0.15) is 12.4 Å². The quantitative estimate of drug-likeness (QED) is 0.919. The van der Waals surface area contributed by atoms with E-state index >= 15 is 0 Å². The predicted octanol–water partition coefficient (Wildman–Crippen LogP) is 2.22. The Morgan fingerprint density at radius 3 is 2.74 bits per heavy atom. The molecule has 0 aliphatic carbocycles. The Kier molecular flexibility index (Phi) is 5.29. The summed E-state index contributed by atoms with van der Waals surface area (Å²) in [6, 6.07) is 1.92. The smallest absolute Gasteiger partial charge is 0.257 e. The van der Waals surface area contributed by atoms with Gasteiger partial charge in [0.2, 0.25) is 0 Å². The molecule has 2 aromatic heterocycles. The maximum absolute atomic E-state index is 12.1. The molecule has 0 atom stereocenters. The summed E-state index contributed by atoms with van der Waals surface area (Å²) in [5, 5.41) is 11.2. The minimum atomic E-state index is -2.39. The number of halogens is 3. The van der Waals surface area contributed by atoms with Crippen LogP contribution in [0.4, 0.5) is 14.6 Å². The van der Waals surface area contributed by atoms with Crippen molar-refractivity contribution in [1.82, 2.24) is 19.6 Å². The number of hydrogen-bond donors (Lipinski definition) is 1. The van der Waals surface area contributed by atoms with Gasteiger partial charge in [0.25, 0.3) is 6.43 Å². The van der Waals surface area contributed by atoms with Crippen molar-refractivity contribution in [3.05, 3.63) is 29.7 Å². The highest BCUT2D eigenvalue weighted by Crippen LogP contribution is 2.09. The van der Waals surface area contributed by atoms with E-state index in [1.54, 1.807) is 17.1 Å². The van der Waals surface area contributed by atoms with Crippen LogP contribution in [-0.2, 0) is 20.1 Å². The Morgan fingerprint density at radius 1 is 1.42 bits per heavy atom. The molecular formula is C11H16ClF2N5. The van der Waals surface area contributed by atoms with Gasteiger partial charge in [-0.05, 0) is 6.92 Å². The summed E-state index contributed by atoms with van der Waals surface area (Å²) in [7, 11) is 1.86. The van der Waals surface area contributed by atoms with Crippen LogP contribution in [0.15, 0.2) is 18.5 Å². The zero-order valence-corrected chi connectivity index (χ0v) is 11.5. The third-order valence-electron chi connectivity index (χ3n) is 2.60.